The summed E-state index contributed by atoms with van der Waals surface area (Å²) in [7, 11) is -3.41. The maximum absolute atomic E-state index is 12.7. The van der Waals surface area contributed by atoms with Crippen molar-refractivity contribution < 1.29 is 13.2 Å². The summed E-state index contributed by atoms with van der Waals surface area (Å²) < 4.78 is 27.0. The second-order valence-corrected chi connectivity index (χ2v) is 10.5. The van der Waals surface area contributed by atoms with Crippen molar-refractivity contribution in [3.63, 3.8) is 0 Å². The van der Waals surface area contributed by atoms with Crippen molar-refractivity contribution in [3.8, 4) is 0 Å². The van der Waals surface area contributed by atoms with E-state index in [0.717, 1.165) is 31.7 Å². The average Bonchev–Trinajstić information content (AvgIpc) is 3.15. The molecule has 3 aliphatic rings. The van der Waals surface area contributed by atoms with Crippen LogP contribution in [0.5, 0.6) is 0 Å². The largest absolute Gasteiger partial charge is 0.330 e. The van der Waals surface area contributed by atoms with E-state index >= 15 is 0 Å². The Hall–Kier alpha value is -2.82. The molecule has 5 rings (SSSR count). The number of anilines is 1. The molecule has 0 fully saturated rings. The molecule has 0 bridgehead atoms. The van der Waals surface area contributed by atoms with Gasteiger partial charge in [-0.25, -0.2) is 13.4 Å². The maximum atomic E-state index is 12.7. The molecule has 1 aromatic heterocycles. The normalized spacial score (nSPS) is 19.8. The lowest BCUT2D eigenvalue weighted by Gasteiger charge is -2.26. The number of rotatable bonds is 4. The third kappa shape index (κ3) is 4.46. The highest BCUT2D eigenvalue weighted by molar-refractivity contribution is 7.90. The molecule has 10 heteroatoms. The zero-order chi connectivity index (χ0) is 21.4. The second-order valence-electron chi connectivity index (χ2n) is 7.64. The Labute approximate surface area is 184 Å². The molecule has 2 aromatic rings. The number of amides is 1. The van der Waals surface area contributed by atoms with Crippen molar-refractivity contribution in [2.24, 2.45) is 4.40 Å². The molecular weight excluding hydrogens is 434 g/mol. The van der Waals surface area contributed by atoms with Crippen LogP contribution in [0.4, 0.5) is 5.13 Å². The van der Waals surface area contributed by atoms with E-state index in [1.54, 1.807) is 23.3 Å². The molecule has 0 saturated carbocycles. The second kappa shape index (κ2) is 8.03. The van der Waals surface area contributed by atoms with E-state index in [-0.39, 0.29) is 18.2 Å². The van der Waals surface area contributed by atoms with Crippen molar-refractivity contribution in [3.05, 3.63) is 70.4 Å². The minimum Gasteiger partial charge on any atom is -0.330 e. The number of benzene rings is 1. The molecule has 8 nitrogen and oxygen atoms in total. The van der Waals surface area contributed by atoms with Gasteiger partial charge in [0.25, 0.3) is 15.9 Å². The molecule has 0 spiro atoms. The summed E-state index contributed by atoms with van der Waals surface area (Å²) in [5.41, 5.74) is 2.78. The first-order chi connectivity index (χ1) is 14.9. The topological polar surface area (TPSA) is 95.0 Å². The number of nitrogens with one attached hydrogen (secondary N) is 1. The Kier molecular flexibility index (Phi) is 5.20. The SMILES string of the molecule is O=C(Nc1nc2c(s1)CN(Cc1ccccc1)CC2)C1=CN2CCS(=O)(=O)N=C2C=C1. The summed E-state index contributed by atoms with van der Waals surface area (Å²) in [5, 5.41) is 3.48. The molecule has 1 aromatic carbocycles. The highest BCUT2D eigenvalue weighted by atomic mass is 32.2. The van der Waals surface area contributed by atoms with E-state index in [1.807, 2.05) is 6.07 Å². The highest BCUT2D eigenvalue weighted by Crippen LogP contribution is 2.29. The summed E-state index contributed by atoms with van der Waals surface area (Å²) in [6.07, 6.45) is 5.64. The Morgan fingerprint density at radius 3 is 2.84 bits per heavy atom. The first-order valence-corrected chi connectivity index (χ1v) is 12.4. The van der Waals surface area contributed by atoms with Crippen LogP contribution in [0.3, 0.4) is 0 Å². The van der Waals surface area contributed by atoms with E-state index in [1.165, 1.54) is 21.8 Å². The smallest absolute Gasteiger partial charge is 0.258 e. The molecule has 0 saturated heterocycles. The number of aromatic nitrogens is 1. The predicted molar refractivity (Wildman–Crippen MR) is 120 cm³/mol. The Bertz CT molecular complexity index is 1210. The molecule has 3 aliphatic heterocycles. The van der Waals surface area contributed by atoms with Crippen molar-refractivity contribution in [1.29, 1.82) is 0 Å². The number of hydrogen-bond donors (Lipinski definition) is 1. The van der Waals surface area contributed by atoms with E-state index < -0.39 is 10.0 Å². The molecule has 160 valence electrons. The van der Waals surface area contributed by atoms with Gasteiger partial charge in [0.05, 0.1) is 17.0 Å². The van der Waals surface area contributed by atoms with Crippen molar-refractivity contribution in [2.75, 3.05) is 24.2 Å². The summed E-state index contributed by atoms with van der Waals surface area (Å²) >= 11 is 1.51. The zero-order valence-corrected chi connectivity index (χ0v) is 18.3. The van der Waals surface area contributed by atoms with Crippen LogP contribution in [0.2, 0.25) is 0 Å². The van der Waals surface area contributed by atoms with Gasteiger partial charge in [-0.05, 0) is 17.7 Å². The molecule has 0 atom stereocenters. The summed E-state index contributed by atoms with van der Waals surface area (Å²) in [4.78, 5) is 22.6. The van der Waals surface area contributed by atoms with E-state index in [0.29, 0.717) is 16.5 Å². The van der Waals surface area contributed by atoms with Crippen molar-refractivity contribution >= 4 is 38.2 Å². The Balaban J connectivity index is 1.25. The fourth-order valence-corrected chi connectivity index (χ4v) is 5.80. The van der Waals surface area contributed by atoms with E-state index in [9.17, 15) is 13.2 Å². The molecular formula is C21H21N5O3S2. The van der Waals surface area contributed by atoms with Gasteiger partial charge in [-0.2, -0.15) is 0 Å². The van der Waals surface area contributed by atoms with Crippen LogP contribution >= 0.6 is 11.3 Å². The van der Waals surface area contributed by atoms with Gasteiger partial charge in [0.15, 0.2) is 5.13 Å². The van der Waals surface area contributed by atoms with Gasteiger partial charge in [-0.15, -0.1) is 15.7 Å². The molecule has 4 heterocycles. The molecule has 0 aliphatic carbocycles. The fourth-order valence-electron chi connectivity index (χ4n) is 3.78. The lowest BCUT2D eigenvalue weighted by Crippen LogP contribution is -2.37. The van der Waals surface area contributed by atoms with Gasteiger partial charge in [-0.1, -0.05) is 30.3 Å². The number of carbonyl (C=O) groups is 1. The van der Waals surface area contributed by atoms with Crippen molar-refractivity contribution in [1.82, 2.24) is 14.8 Å². The van der Waals surface area contributed by atoms with Crippen LogP contribution in [0.25, 0.3) is 0 Å². The number of hydrogen-bond acceptors (Lipinski definition) is 7. The van der Waals surface area contributed by atoms with E-state index in [2.05, 4.69) is 43.9 Å². The number of fused-ring (bicyclic) bond motifs is 2. The van der Waals surface area contributed by atoms with Crippen LogP contribution in [-0.2, 0) is 34.3 Å². The minimum absolute atomic E-state index is 0.0611. The van der Waals surface area contributed by atoms with Gasteiger partial charge in [0, 0.05) is 43.7 Å². The van der Waals surface area contributed by atoms with Gasteiger partial charge in [0.1, 0.15) is 5.84 Å². The quantitative estimate of drug-likeness (QED) is 0.759. The van der Waals surface area contributed by atoms with Gasteiger partial charge >= 0.3 is 0 Å². The number of sulfonamides is 1. The van der Waals surface area contributed by atoms with Crippen LogP contribution in [0.1, 0.15) is 16.1 Å². The third-order valence-electron chi connectivity index (χ3n) is 5.37. The van der Waals surface area contributed by atoms with Crippen LogP contribution < -0.4 is 5.32 Å². The third-order valence-corrected chi connectivity index (χ3v) is 7.53. The monoisotopic (exact) mass is 455 g/mol. The fraction of sp³-hybridized carbons (Fsp3) is 0.286. The van der Waals surface area contributed by atoms with Gasteiger partial charge < -0.3 is 4.90 Å². The van der Waals surface area contributed by atoms with Gasteiger partial charge in [0.2, 0.25) is 0 Å². The summed E-state index contributed by atoms with van der Waals surface area (Å²) in [6, 6.07) is 10.4. The number of amidine groups is 1. The van der Waals surface area contributed by atoms with Crippen LogP contribution in [-0.4, -0.2) is 53.8 Å². The zero-order valence-electron chi connectivity index (χ0n) is 16.7. The van der Waals surface area contributed by atoms with Crippen molar-refractivity contribution in [2.45, 2.75) is 19.5 Å². The molecule has 31 heavy (non-hydrogen) atoms. The lowest BCUT2D eigenvalue weighted by atomic mass is 10.1. The number of thiazole rings is 1. The summed E-state index contributed by atoms with van der Waals surface area (Å²) in [5.74, 6) is 0.0102. The predicted octanol–water partition coefficient (Wildman–Crippen LogP) is 2.14. The summed E-state index contributed by atoms with van der Waals surface area (Å²) in [6.45, 7) is 2.94. The first kappa shape index (κ1) is 20.1. The lowest BCUT2D eigenvalue weighted by molar-refractivity contribution is -0.112. The van der Waals surface area contributed by atoms with Crippen LogP contribution in [0.15, 0.2) is 58.7 Å². The highest BCUT2D eigenvalue weighted by Gasteiger charge is 2.26. The number of carbonyl (C=O) groups excluding carboxylic acids is 1. The Morgan fingerprint density at radius 1 is 1.16 bits per heavy atom. The minimum atomic E-state index is -3.41. The van der Waals surface area contributed by atoms with E-state index in [4.69, 9.17) is 0 Å². The van der Waals surface area contributed by atoms with Crippen LogP contribution in [0, 0.1) is 0 Å². The number of nitrogens with zero attached hydrogens (tertiary/aromatic N) is 4. The molecule has 0 unspecified atom stereocenters. The average molecular weight is 456 g/mol. The first-order valence-electron chi connectivity index (χ1n) is 10.0. The molecule has 1 N–H and O–H groups in total. The molecule has 1 amide bonds. The van der Waals surface area contributed by atoms with Gasteiger partial charge in [-0.3, -0.25) is 15.0 Å². The standard InChI is InChI=1S/C21H21N5O3S2/c27-20(16-6-7-19-24-31(28,29)11-10-26(19)13-16)23-21-22-17-8-9-25(14-18(17)30-21)12-15-4-2-1-3-5-15/h1-7,13H,8-12,14H2,(H,22,23,27). The molecule has 0 radical (unpaired) electrons. The Morgan fingerprint density at radius 2 is 2.00 bits per heavy atom. The maximum Gasteiger partial charge on any atom is 0.258 e.